The third-order valence-corrected chi connectivity index (χ3v) is 7.18. The van der Waals surface area contributed by atoms with Crippen molar-refractivity contribution in [3.05, 3.63) is 52.5 Å². The van der Waals surface area contributed by atoms with Gasteiger partial charge in [0, 0.05) is 24.2 Å². The van der Waals surface area contributed by atoms with Crippen LogP contribution in [-0.2, 0) is 16.6 Å². The van der Waals surface area contributed by atoms with E-state index in [0.717, 1.165) is 31.9 Å². The molecule has 2 aromatic carbocycles. The van der Waals surface area contributed by atoms with Crippen LogP contribution in [0.5, 0.6) is 11.5 Å². The maximum absolute atomic E-state index is 12.6. The number of carbonyl (C=O) groups is 1. The molecule has 1 amide bonds. The summed E-state index contributed by atoms with van der Waals surface area (Å²) in [5.41, 5.74) is 1.56. The minimum Gasteiger partial charge on any atom is -0.495 e. The van der Waals surface area contributed by atoms with Gasteiger partial charge in [-0.3, -0.25) is 9.10 Å². The summed E-state index contributed by atoms with van der Waals surface area (Å²) in [4.78, 5) is 12.6. The van der Waals surface area contributed by atoms with E-state index in [0.29, 0.717) is 45.8 Å². The smallest absolute Gasteiger partial charge is 0.251 e. The van der Waals surface area contributed by atoms with E-state index in [4.69, 9.17) is 21.1 Å². The third-order valence-electron chi connectivity index (χ3n) is 5.76. The van der Waals surface area contributed by atoms with E-state index in [1.54, 1.807) is 24.3 Å². The van der Waals surface area contributed by atoms with Crippen LogP contribution in [0.4, 0.5) is 5.69 Å². The standard InChI is InChI=1S/C25H35ClN2O5S/c1-6-8-9-18(7-2)16-27-25(29)20-12-10-19(11-13-20)17-28(34(5,30)31)22-15-23(32-3)21(26)14-24(22)33-4/h10-15,18H,6-9,16-17H2,1-5H3,(H,27,29)/t18-/m0/s1. The molecule has 9 heteroatoms. The summed E-state index contributed by atoms with van der Waals surface area (Å²) in [6.45, 7) is 5.01. The van der Waals surface area contributed by atoms with Crippen molar-refractivity contribution in [2.75, 3.05) is 31.3 Å². The number of rotatable bonds is 13. The van der Waals surface area contributed by atoms with E-state index in [9.17, 15) is 13.2 Å². The van der Waals surface area contributed by atoms with E-state index >= 15 is 0 Å². The number of benzene rings is 2. The summed E-state index contributed by atoms with van der Waals surface area (Å²) in [5, 5.41) is 3.33. The number of methoxy groups -OCH3 is 2. The molecule has 0 aromatic heterocycles. The van der Waals surface area contributed by atoms with Crippen LogP contribution in [0.2, 0.25) is 5.02 Å². The molecule has 0 saturated heterocycles. The van der Waals surface area contributed by atoms with E-state index in [1.165, 1.54) is 30.7 Å². The number of hydrogen-bond donors (Lipinski definition) is 1. The first-order valence-electron chi connectivity index (χ1n) is 11.4. The second-order valence-corrected chi connectivity index (χ2v) is 10.6. The number of anilines is 1. The zero-order valence-electron chi connectivity index (χ0n) is 20.6. The van der Waals surface area contributed by atoms with Crippen LogP contribution in [-0.4, -0.2) is 41.3 Å². The van der Waals surface area contributed by atoms with Gasteiger partial charge in [-0.15, -0.1) is 0 Å². The number of amides is 1. The molecule has 0 bridgehead atoms. The maximum atomic E-state index is 12.6. The van der Waals surface area contributed by atoms with Crippen LogP contribution in [0.3, 0.4) is 0 Å². The minimum atomic E-state index is -3.67. The Bertz CT molecular complexity index is 1060. The molecule has 0 fully saturated rings. The Kier molecular flexibility index (Phi) is 10.5. The summed E-state index contributed by atoms with van der Waals surface area (Å²) in [6.07, 6.45) is 5.55. The molecular formula is C25H35ClN2O5S. The summed E-state index contributed by atoms with van der Waals surface area (Å²) in [6, 6.07) is 9.97. The molecule has 0 radical (unpaired) electrons. The van der Waals surface area contributed by atoms with E-state index in [2.05, 4.69) is 19.2 Å². The highest BCUT2D eigenvalue weighted by atomic mass is 35.5. The van der Waals surface area contributed by atoms with Gasteiger partial charge in [-0.1, -0.05) is 56.8 Å². The summed E-state index contributed by atoms with van der Waals surface area (Å²) in [5.74, 6) is 0.978. The van der Waals surface area contributed by atoms with Crippen molar-refractivity contribution in [1.29, 1.82) is 0 Å². The fourth-order valence-electron chi connectivity index (χ4n) is 3.63. The molecule has 0 aliphatic carbocycles. The quantitative estimate of drug-likeness (QED) is 0.397. The molecule has 188 valence electrons. The van der Waals surface area contributed by atoms with Gasteiger partial charge in [0.25, 0.3) is 5.91 Å². The molecule has 0 saturated carbocycles. The molecule has 34 heavy (non-hydrogen) atoms. The maximum Gasteiger partial charge on any atom is 0.251 e. The van der Waals surface area contributed by atoms with Crippen molar-refractivity contribution in [2.45, 2.75) is 46.1 Å². The molecular weight excluding hydrogens is 476 g/mol. The van der Waals surface area contributed by atoms with Crippen LogP contribution in [0, 0.1) is 5.92 Å². The highest BCUT2D eigenvalue weighted by Crippen LogP contribution is 2.39. The van der Waals surface area contributed by atoms with Gasteiger partial charge in [-0.25, -0.2) is 8.42 Å². The SMILES string of the molecule is CCCC[C@H](CC)CNC(=O)c1ccc(CN(c2cc(OC)c(Cl)cc2OC)S(C)(=O)=O)cc1. The number of hydrogen-bond acceptors (Lipinski definition) is 5. The molecule has 0 spiro atoms. The molecule has 0 unspecified atom stereocenters. The van der Waals surface area contributed by atoms with Gasteiger partial charge in [-0.2, -0.15) is 0 Å². The molecule has 1 atom stereocenters. The van der Waals surface area contributed by atoms with Crippen molar-refractivity contribution in [2.24, 2.45) is 5.92 Å². The number of nitrogens with one attached hydrogen (secondary N) is 1. The number of sulfonamides is 1. The topological polar surface area (TPSA) is 84.9 Å². The predicted molar refractivity (Wildman–Crippen MR) is 138 cm³/mol. The van der Waals surface area contributed by atoms with Gasteiger partial charge in [0.1, 0.15) is 11.5 Å². The first-order valence-corrected chi connectivity index (χ1v) is 13.6. The molecule has 7 nitrogen and oxygen atoms in total. The number of halogens is 1. The molecule has 0 heterocycles. The zero-order valence-corrected chi connectivity index (χ0v) is 22.1. The monoisotopic (exact) mass is 510 g/mol. The fourth-order valence-corrected chi connectivity index (χ4v) is 4.74. The average Bonchev–Trinajstić information content (AvgIpc) is 2.82. The van der Waals surface area contributed by atoms with Crippen molar-refractivity contribution < 1.29 is 22.7 Å². The van der Waals surface area contributed by atoms with Crippen LogP contribution in [0.15, 0.2) is 36.4 Å². The minimum absolute atomic E-state index is 0.0524. The number of nitrogens with zero attached hydrogens (tertiary/aromatic N) is 1. The van der Waals surface area contributed by atoms with Gasteiger partial charge >= 0.3 is 0 Å². The normalized spacial score (nSPS) is 12.2. The highest BCUT2D eigenvalue weighted by Gasteiger charge is 2.24. The van der Waals surface area contributed by atoms with E-state index < -0.39 is 10.0 Å². The highest BCUT2D eigenvalue weighted by molar-refractivity contribution is 7.92. The van der Waals surface area contributed by atoms with E-state index in [1.807, 2.05) is 0 Å². The fraction of sp³-hybridized carbons (Fsp3) is 0.480. The van der Waals surface area contributed by atoms with Crippen molar-refractivity contribution in [3.63, 3.8) is 0 Å². The lowest BCUT2D eigenvalue weighted by molar-refractivity contribution is 0.0946. The van der Waals surface area contributed by atoms with Crippen LogP contribution in [0.25, 0.3) is 0 Å². The van der Waals surface area contributed by atoms with Crippen LogP contribution < -0.4 is 19.1 Å². The van der Waals surface area contributed by atoms with Crippen LogP contribution in [0.1, 0.15) is 55.5 Å². The lowest BCUT2D eigenvalue weighted by atomic mass is 9.99. The Morgan fingerprint density at radius 2 is 1.74 bits per heavy atom. The van der Waals surface area contributed by atoms with Gasteiger partial charge < -0.3 is 14.8 Å². The van der Waals surface area contributed by atoms with Crippen molar-refractivity contribution in [1.82, 2.24) is 5.32 Å². The van der Waals surface area contributed by atoms with E-state index in [-0.39, 0.29) is 12.5 Å². The number of unbranched alkanes of at least 4 members (excludes halogenated alkanes) is 1. The number of carbonyl (C=O) groups excluding carboxylic acids is 1. The van der Waals surface area contributed by atoms with Gasteiger partial charge in [0.05, 0.1) is 37.7 Å². The molecule has 1 N–H and O–H groups in total. The second kappa shape index (κ2) is 12.9. The summed E-state index contributed by atoms with van der Waals surface area (Å²) < 4.78 is 37.1. The zero-order chi connectivity index (χ0) is 25.3. The Labute approximate surface area is 208 Å². The average molecular weight is 511 g/mol. The Hall–Kier alpha value is -2.45. The molecule has 0 aliphatic rings. The van der Waals surface area contributed by atoms with Crippen LogP contribution >= 0.6 is 11.6 Å². The lowest BCUT2D eigenvalue weighted by Crippen LogP contribution is -2.30. The Balaban J connectivity index is 2.20. The largest absolute Gasteiger partial charge is 0.495 e. The van der Waals surface area contributed by atoms with Gasteiger partial charge in [-0.05, 0) is 30.0 Å². The van der Waals surface area contributed by atoms with Gasteiger partial charge in [0.15, 0.2) is 0 Å². The third kappa shape index (κ3) is 7.53. The predicted octanol–water partition coefficient (Wildman–Crippen LogP) is 5.27. The summed E-state index contributed by atoms with van der Waals surface area (Å²) in [7, 11) is -0.764. The molecule has 2 aromatic rings. The molecule has 0 aliphatic heterocycles. The summed E-state index contributed by atoms with van der Waals surface area (Å²) >= 11 is 6.17. The number of ether oxygens (including phenoxy) is 2. The first kappa shape index (κ1) is 27.8. The lowest BCUT2D eigenvalue weighted by Gasteiger charge is -2.25. The second-order valence-electron chi connectivity index (χ2n) is 8.25. The first-order chi connectivity index (χ1) is 16.1. The Morgan fingerprint density at radius 1 is 1.09 bits per heavy atom. The Morgan fingerprint density at radius 3 is 2.26 bits per heavy atom. The van der Waals surface area contributed by atoms with Crippen molar-refractivity contribution in [3.8, 4) is 11.5 Å². The van der Waals surface area contributed by atoms with Crippen molar-refractivity contribution >= 4 is 33.2 Å². The van der Waals surface area contributed by atoms with Gasteiger partial charge in [0.2, 0.25) is 10.0 Å². The molecule has 2 rings (SSSR count).